The van der Waals surface area contributed by atoms with Crippen molar-refractivity contribution in [3.8, 4) is 0 Å². The number of nitrogens with zero attached hydrogens (tertiary/aromatic N) is 1. The smallest absolute Gasteiger partial charge is 0.398 e. The predicted octanol–water partition coefficient (Wildman–Crippen LogP) is 0.553. The van der Waals surface area contributed by atoms with Crippen LogP contribution in [0.1, 0.15) is 48.4 Å². The van der Waals surface area contributed by atoms with Crippen LogP contribution >= 0.6 is 0 Å². The average Bonchev–Trinajstić information content (AvgIpc) is 2.65. The lowest BCUT2D eigenvalue weighted by Crippen LogP contribution is -2.42. The van der Waals surface area contributed by atoms with Crippen molar-refractivity contribution in [2.45, 2.75) is 38.9 Å². The Balaban J connectivity index is 2.51. The van der Waals surface area contributed by atoms with E-state index in [9.17, 15) is 9.59 Å². The Morgan fingerprint density at radius 1 is 1.29 bits per heavy atom. The van der Waals surface area contributed by atoms with Crippen molar-refractivity contribution < 1.29 is 18.9 Å². The van der Waals surface area contributed by atoms with Crippen LogP contribution in [0.4, 0.5) is 0 Å². The summed E-state index contributed by atoms with van der Waals surface area (Å²) in [5.74, 6) is -0.394. The molecular weight excluding hydrogens is 271 g/mol. The third-order valence-electron chi connectivity index (χ3n) is 4.07. The lowest BCUT2D eigenvalue weighted by molar-refractivity contribution is 0.00578. The highest BCUT2D eigenvalue weighted by molar-refractivity contribution is 6.63. The van der Waals surface area contributed by atoms with Crippen LogP contribution in [0.5, 0.6) is 0 Å². The molecule has 0 radical (unpaired) electrons. The summed E-state index contributed by atoms with van der Waals surface area (Å²) in [7, 11) is 0.708. The van der Waals surface area contributed by atoms with Gasteiger partial charge in [-0.3, -0.25) is 14.6 Å². The Kier molecular flexibility index (Phi) is 3.90. The maximum Gasteiger partial charge on any atom is 0.515 e. The molecule has 1 aliphatic heterocycles. The minimum Gasteiger partial charge on any atom is -0.398 e. The minimum atomic E-state index is -0.790. The molecule has 0 unspecified atom stereocenters. The number of aldehydes is 1. The van der Waals surface area contributed by atoms with Gasteiger partial charge >= 0.3 is 7.12 Å². The van der Waals surface area contributed by atoms with Crippen LogP contribution in [0.25, 0.3) is 0 Å². The van der Waals surface area contributed by atoms with Gasteiger partial charge in [0, 0.05) is 18.8 Å². The first-order valence-corrected chi connectivity index (χ1v) is 6.75. The number of hydrogen-bond acceptors (Lipinski definition) is 5. The molecule has 1 amide bonds. The van der Waals surface area contributed by atoms with E-state index in [4.69, 9.17) is 9.31 Å². The van der Waals surface area contributed by atoms with Gasteiger partial charge in [0.25, 0.3) is 5.91 Å². The molecule has 1 aromatic rings. The molecule has 6 nitrogen and oxygen atoms in total. The largest absolute Gasteiger partial charge is 0.515 e. The third-order valence-corrected chi connectivity index (χ3v) is 4.07. The maximum absolute atomic E-state index is 12.1. The lowest BCUT2D eigenvalue weighted by Gasteiger charge is -2.32. The number of carbonyl (C=O) groups is 2. The number of hydrogen-bond donors (Lipinski definition) is 1. The van der Waals surface area contributed by atoms with E-state index in [1.54, 1.807) is 0 Å². The zero-order chi connectivity index (χ0) is 15.8. The van der Waals surface area contributed by atoms with Gasteiger partial charge in [-0.2, -0.15) is 0 Å². The minimum absolute atomic E-state index is 0.188. The summed E-state index contributed by atoms with van der Waals surface area (Å²) < 4.78 is 11.8. The fourth-order valence-electron chi connectivity index (χ4n) is 2.10. The molecule has 0 aliphatic carbocycles. The van der Waals surface area contributed by atoms with E-state index in [2.05, 4.69) is 10.3 Å². The molecule has 1 N–H and O–H groups in total. The van der Waals surface area contributed by atoms with Crippen LogP contribution in [-0.2, 0) is 9.31 Å². The van der Waals surface area contributed by atoms with Gasteiger partial charge in [-0.05, 0) is 33.8 Å². The molecule has 0 bridgehead atoms. The molecule has 0 atom stereocenters. The molecule has 112 valence electrons. The monoisotopic (exact) mass is 290 g/mol. The van der Waals surface area contributed by atoms with Crippen LogP contribution in [-0.4, -0.2) is 42.5 Å². The Labute approximate surface area is 124 Å². The molecule has 21 heavy (non-hydrogen) atoms. The second-order valence-corrected chi connectivity index (χ2v) is 5.95. The van der Waals surface area contributed by atoms with Crippen LogP contribution in [0, 0.1) is 0 Å². The zero-order valence-electron chi connectivity index (χ0n) is 12.9. The molecule has 2 heterocycles. The molecule has 0 saturated carbocycles. The molecule has 0 aromatic carbocycles. The van der Waals surface area contributed by atoms with Crippen molar-refractivity contribution in [3.05, 3.63) is 23.4 Å². The fourth-order valence-corrected chi connectivity index (χ4v) is 2.10. The number of nitrogens with one attached hydrogen (secondary N) is 1. The van der Waals surface area contributed by atoms with Crippen molar-refractivity contribution in [3.63, 3.8) is 0 Å². The summed E-state index contributed by atoms with van der Waals surface area (Å²) in [6, 6.07) is 1.49. The number of carbonyl (C=O) groups excluding carboxylic acids is 2. The van der Waals surface area contributed by atoms with Gasteiger partial charge in [0.15, 0.2) is 6.29 Å². The van der Waals surface area contributed by atoms with E-state index in [1.165, 1.54) is 19.3 Å². The van der Waals surface area contributed by atoms with Crippen LogP contribution in [0.3, 0.4) is 0 Å². The standard InChI is InChI=1S/C14H19BN2O4/c1-13(2)14(3,4)21-15(20-13)11-10(12(19)16-5)9(8-18)6-7-17-11/h6-8H,1-5H3,(H,16,19). The summed E-state index contributed by atoms with van der Waals surface area (Å²) in [5, 5.41) is 2.51. The topological polar surface area (TPSA) is 77.5 Å². The van der Waals surface area contributed by atoms with E-state index >= 15 is 0 Å². The molecule has 2 rings (SSSR count). The van der Waals surface area contributed by atoms with E-state index in [0.717, 1.165) is 0 Å². The lowest BCUT2D eigenvalue weighted by atomic mass is 9.79. The first kappa shape index (κ1) is 15.7. The van der Waals surface area contributed by atoms with E-state index in [-0.39, 0.29) is 11.1 Å². The van der Waals surface area contributed by atoms with E-state index < -0.39 is 24.2 Å². The van der Waals surface area contributed by atoms with Crippen LogP contribution < -0.4 is 10.9 Å². The van der Waals surface area contributed by atoms with Gasteiger partial charge in [0.05, 0.1) is 22.4 Å². The predicted molar refractivity (Wildman–Crippen MR) is 78.7 cm³/mol. The average molecular weight is 290 g/mol. The number of pyridine rings is 1. The Bertz CT molecular complexity index is 570. The summed E-state index contributed by atoms with van der Waals surface area (Å²) in [5.41, 5.74) is -0.326. The van der Waals surface area contributed by atoms with Gasteiger partial charge < -0.3 is 14.6 Å². The van der Waals surface area contributed by atoms with Crippen molar-refractivity contribution >= 4 is 24.9 Å². The fraction of sp³-hybridized carbons (Fsp3) is 0.500. The van der Waals surface area contributed by atoms with E-state index in [0.29, 0.717) is 11.9 Å². The quantitative estimate of drug-likeness (QED) is 0.650. The SMILES string of the molecule is CNC(=O)c1c(C=O)ccnc1B1OC(C)(C)C(C)(C)O1. The Hall–Kier alpha value is -1.73. The zero-order valence-corrected chi connectivity index (χ0v) is 12.9. The van der Waals surface area contributed by atoms with E-state index in [1.807, 2.05) is 27.7 Å². The molecule has 7 heteroatoms. The summed E-state index contributed by atoms with van der Waals surface area (Å²) in [6.07, 6.45) is 2.09. The second-order valence-electron chi connectivity index (χ2n) is 5.95. The summed E-state index contributed by atoms with van der Waals surface area (Å²) in [6.45, 7) is 7.65. The number of amides is 1. The van der Waals surface area contributed by atoms with Crippen LogP contribution in [0.15, 0.2) is 12.3 Å². The molecule has 1 aliphatic rings. The first-order chi connectivity index (χ1) is 9.73. The second kappa shape index (κ2) is 5.24. The molecule has 1 aromatic heterocycles. The highest BCUT2D eigenvalue weighted by Gasteiger charge is 2.53. The maximum atomic E-state index is 12.1. The first-order valence-electron chi connectivity index (χ1n) is 6.75. The van der Waals surface area contributed by atoms with Gasteiger partial charge in [-0.1, -0.05) is 0 Å². The summed E-state index contributed by atoms with van der Waals surface area (Å²) in [4.78, 5) is 27.5. The van der Waals surface area contributed by atoms with Gasteiger partial charge in [0.2, 0.25) is 0 Å². The molecule has 1 saturated heterocycles. The van der Waals surface area contributed by atoms with Crippen LogP contribution in [0.2, 0.25) is 0 Å². The number of rotatable bonds is 3. The van der Waals surface area contributed by atoms with Crippen molar-refractivity contribution in [1.29, 1.82) is 0 Å². The highest BCUT2D eigenvalue weighted by atomic mass is 16.7. The normalized spacial score (nSPS) is 19.4. The van der Waals surface area contributed by atoms with Crippen molar-refractivity contribution in [2.24, 2.45) is 0 Å². The Morgan fingerprint density at radius 3 is 2.33 bits per heavy atom. The summed E-state index contributed by atoms with van der Waals surface area (Å²) >= 11 is 0. The van der Waals surface area contributed by atoms with Gasteiger partial charge in [0.1, 0.15) is 0 Å². The van der Waals surface area contributed by atoms with Gasteiger partial charge in [-0.25, -0.2) is 0 Å². The Morgan fingerprint density at radius 2 is 1.86 bits per heavy atom. The molecule has 0 spiro atoms. The highest BCUT2D eigenvalue weighted by Crippen LogP contribution is 2.36. The number of aromatic nitrogens is 1. The van der Waals surface area contributed by atoms with Crippen molar-refractivity contribution in [2.75, 3.05) is 7.05 Å². The van der Waals surface area contributed by atoms with Gasteiger partial charge in [-0.15, -0.1) is 0 Å². The third kappa shape index (κ3) is 2.58. The van der Waals surface area contributed by atoms with Crippen molar-refractivity contribution in [1.82, 2.24) is 10.3 Å². The molecular formula is C14H19BN2O4. The molecule has 1 fully saturated rings.